The molecule has 0 aliphatic carbocycles. The minimum absolute atomic E-state index is 0. The van der Waals surface area contributed by atoms with Crippen molar-refractivity contribution in [3.63, 3.8) is 0 Å². The summed E-state index contributed by atoms with van der Waals surface area (Å²) < 4.78 is 1.93. The number of carbonyl (C=O) groups excluding carboxylic acids is 1. The van der Waals surface area contributed by atoms with E-state index in [4.69, 9.17) is 23.2 Å². The molecule has 0 radical (unpaired) electrons. The maximum Gasteiger partial charge on any atom is 0.256 e. The molecular formula is C15H17Cl3N4O. The molecule has 2 heterocycles. The molecule has 1 aromatic carbocycles. The first-order valence-corrected chi connectivity index (χ1v) is 7.77. The van der Waals surface area contributed by atoms with Gasteiger partial charge in [0.25, 0.3) is 5.91 Å². The van der Waals surface area contributed by atoms with Gasteiger partial charge < -0.3 is 14.8 Å². The van der Waals surface area contributed by atoms with E-state index >= 15 is 0 Å². The predicted molar refractivity (Wildman–Crippen MR) is 93.6 cm³/mol. The molecule has 1 atom stereocenters. The van der Waals surface area contributed by atoms with Crippen LogP contribution < -0.4 is 5.32 Å². The first-order chi connectivity index (χ1) is 10.6. The maximum absolute atomic E-state index is 12.9. The summed E-state index contributed by atoms with van der Waals surface area (Å²) in [4.78, 5) is 19.1. The normalized spacial score (nSPS) is 17.7. The average molecular weight is 376 g/mol. The molecule has 23 heavy (non-hydrogen) atoms. The topological polar surface area (TPSA) is 50.2 Å². The Hall–Kier alpha value is -1.27. The van der Waals surface area contributed by atoms with E-state index in [0.29, 0.717) is 28.7 Å². The SMILES string of the molecule is Cl.Cn1ccnc1C1CNCCN1C(=O)c1cc(Cl)ccc1Cl. The molecule has 0 bridgehead atoms. The number of carbonyl (C=O) groups is 1. The highest BCUT2D eigenvalue weighted by molar-refractivity contribution is 6.35. The number of aryl methyl sites for hydroxylation is 1. The van der Waals surface area contributed by atoms with Crippen molar-refractivity contribution in [1.82, 2.24) is 19.8 Å². The Morgan fingerprint density at radius 3 is 2.87 bits per heavy atom. The van der Waals surface area contributed by atoms with Crippen LogP contribution in [0.3, 0.4) is 0 Å². The summed E-state index contributed by atoms with van der Waals surface area (Å²) in [6.45, 7) is 2.00. The van der Waals surface area contributed by atoms with E-state index in [-0.39, 0.29) is 24.4 Å². The lowest BCUT2D eigenvalue weighted by molar-refractivity contribution is 0.0621. The van der Waals surface area contributed by atoms with Gasteiger partial charge in [0.1, 0.15) is 11.9 Å². The van der Waals surface area contributed by atoms with Crippen LogP contribution in [0, 0.1) is 0 Å². The third-order valence-corrected chi connectivity index (χ3v) is 4.38. The summed E-state index contributed by atoms with van der Waals surface area (Å²) in [5, 5.41) is 4.21. The highest BCUT2D eigenvalue weighted by Crippen LogP contribution is 2.27. The lowest BCUT2D eigenvalue weighted by Crippen LogP contribution is -2.49. The standard InChI is InChI=1S/C15H16Cl2N4O.ClH/c1-20-6-5-19-14(20)13-9-18-4-7-21(13)15(22)11-8-10(16)2-3-12(11)17;/h2-3,5-6,8,13,18H,4,7,9H2,1H3;1H. The molecule has 1 saturated heterocycles. The van der Waals surface area contributed by atoms with Crippen molar-refractivity contribution in [3.8, 4) is 0 Å². The van der Waals surface area contributed by atoms with Crippen LogP contribution in [0.2, 0.25) is 10.0 Å². The van der Waals surface area contributed by atoms with Crippen molar-refractivity contribution in [3.05, 3.63) is 52.0 Å². The van der Waals surface area contributed by atoms with E-state index in [1.807, 2.05) is 17.8 Å². The number of piperazine rings is 1. The van der Waals surface area contributed by atoms with Gasteiger partial charge in [0.05, 0.1) is 10.6 Å². The molecule has 3 rings (SSSR count). The van der Waals surface area contributed by atoms with Crippen LogP contribution in [-0.4, -0.2) is 40.0 Å². The fourth-order valence-electron chi connectivity index (χ4n) is 2.69. The van der Waals surface area contributed by atoms with Gasteiger partial charge in [-0.2, -0.15) is 0 Å². The van der Waals surface area contributed by atoms with Crippen LogP contribution >= 0.6 is 35.6 Å². The van der Waals surface area contributed by atoms with E-state index in [1.165, 1.54) is 0 Å². The van der Waals surface area contributed by atoms with Crippen LogP contribution in [0.15, 0.2) is 30.6 Å². The van der Waals surface area contributed by atoms with Gasteiger partial charge in [-0.25, -0.2) is 4.98 Å². The van der Waals surface area contributed by atoms with Crippen LogP contribution in [0.5, 0.6) is 0 Å². The second-order valence-electron chi connectivity index (χ2n) is 5.24. The molecule has 1 N–H and O–H groups in total. The van der Waals surface area contributed by atoms with Crippen molar-refractivity contribution < 1.29 is 4.79 Å². The Morgan fingerprint density at radius 2 is 2.17 bits per heavy atom. The van der Waals surface area contributed by atoms with Crippen molar-refractivity contribution in [2.24, 2.45) is 7.05 Å². The van der Waals surface area contributed by atoms with Gasteiger partial charge in [0.15, 0.2) is 0 Å². The smallest absolute Gasteiger partial charge is 0.256 e. The summed E-state index contributed by atoms with van der Waals surface area (Å²) in [6.07, 6.45) is 3.61. The zero-order chi connectivity index (χ0) is 15.7. The van der Waals surface area contributed by atoms with Gasteiger partial charge in [-0.05, 0) is 18.2 Å². The number of imidazole rings is 1. The Morgan fingerprint density at radius 1 is 1.39 bits per heavy atom. The molecule has 0 saturated carbocycles. The lowest BCUT2D eigenvalue weighted by Gasteiger charge is -2.36. The molecule has 1 aliphatic rings. The Bertz CT molecular complexity index is 704. The summed E-state index contributed by atoms with van der Waals surface area (Å²) in [7, 11) is 1.92. The second kappa shape index (κ2) is 7.53. The van der Waals surface area contributed by atoms with Crippen molar-refractivity contribution >= 4 is 41.5 Å². The van der Waals surface area contributed by atoms with Crippen LogP contribution in [0.4, 0.5) is 0 Å². The molecule has 1 aliphatic heterocycles. The fourth-order valence-corrected chi connectivity index (χ4v) is 3.06. The van der Waals surface area contributed by atoms with Gasteiger partial charge in [0, 0.05) is 44.1 Å². The number of halogens is 3. The molecular weight excluding hydrogens is 359 g/mol. The average Bonchev–Trinajstić information content (AvgIpc) is 2.95. The Kier molecular flexibility index (Phi) is 5.92. The van der Waals surface area contributed by atoms with Crippen LogP contribution in [0.25, 0.3) is 0 Å². The number of aromatic nitrogens is 2. The molecule has 8 heteroatoms. The zero-order valence-corrected chi connectivity index (χ0v) is 14.8. The molecule has 1 fully saturated rings. The second-order valence-corrected chi connectivity index (χ2v) is 6.08. The summed E-state index contributed by atoms with van der Waals surface area (Å²) in [5.74, 6) is 0.723. The third kappa shape index (κ3) is 3.63. The van der Waals surface area contributed by atoms with Gasteiger partial charge in [-0.3, -0.25) is 4.79 Å². The van der Waals surface area contributed by atoms with E-state index in [0.717, 1.165) is 12.4 Å². The molecule has 124 valence electrons. The summed E-state index contributed by atoms with van der Waals surface area (Å²) >= 11 is 12.2. The van der Waals surface area contributed by atoms with Gasteiger partial charge in [-0.15, -0.1) is 12.4 Å². The number of hydrogen-bond donors (Lipinski definition) is 1. The minimum atomic E-state index is -0.128. The highest BCUT2D eigenvalue weighted by atomic mass is 35.5. The third-order valence-electron chi connectivity index (χ3n) is 3.82. The van der Waals surface area contributed by atoms with E-state index in [9.17, 15) is 4.79 Å². The molecule has 2 aromatic rings. The quantitative estimate of drug-likeness (QED) is 0.878. The van der Waals surface area contributed by atoms with E-state index < -0.39 is 0 Å². The Labute approximate surface area is 151 Å². The largest absolute Gasteiger partial charge is 0.336 e. The summed E-state index contributed by atoms with van der Waals surface area (Å²) in [5.41, 5.74) is 0.426. The van der Waals surface area contributed by atoms with Crippen molar-refractivity contribution in [1.29, 1.82) is 0 Å². The number of nitrogens with one attached hydrogen (secondary N) is 1. The molecule has 1 aromatic heterocycles. The zero-order valence-electron chi connectivity index (χ0n) is 12.5. The highest BCUT2D eigenvalue weighted by Gasteiger charge is 2.31. The fraction of sp³-hybridized carbons (Fsp3) is 0.333. The van der Waals surface area contributed by atoms with Crippen LogP contribution in [-0.2, 0) is 7.05 Å². The first kappa shape index (κ1) is 18.1. The monoisotopic (exact) mass is 374 g/mol. The van der Waals surface area contributed by atoms with E-state index in [2.05, 4.69) is 10.3 Å². The maximum atomic E-state index is 12.9. The molecule has 1 amide bonds. The van der Waals surface area contributed by atoms with Gasteiger partial charge >= 0.3 is 0 Å². The van der Waals surface area contributed by atoms with Gasteiger partial charge in [0.2, 0.25) is 0 Å². The molecule has 1 unspecified atom stereocenters. The Balaban J connectivity index is 0.00000192. The minimum Gasteiger partial charge on any atom is -0.336 e. The molecule has 0 spiro atoms. The number of nitrogens with zero attached hydrogens (tertiary/aromatic N) is 3. The van der Waals surface area contributed by atoms with Crippen LogP contribution in [0.1, 0.15) is 22.2 Å². The van der Waals surface area contributed by atoms with Crippen molar-refractivity contribution in [2.75, 3.05) is 19.6 Å². The number of hydrogen-bond acceptors (Lipinski definition) is 3. The number of amides is 1. The number of benzene rings is 1. The van der Waals surface area contributed by atoms with E-state index in [1.54, 1.807) is 29.3 Å². The van der Waals surface area contributed by atoms with Crippen molar-refractivity contribution in [2.45, 2.75) is 6.04 Å². The lowest BCUT2D eigenvalue weighted by atomic mass is 10.1. The predicted octanol–water partition coefficient (Wildman–Crippen LogP) is 2.94. The number of rotatable bonds is 2. The summed E-state index contributed by atoms with van der Waals surface area (Å²) in [6, 6.07) is 4.81. The first-order valence-electron chi connectivity index (χ1n) is 7.02. The van der Waals surface area contributed by atoms with Gasteiger partial charge in [-0.1, -0.05) is 23.2 Å². The molecule has 5 nitrogen and oxygen atoms in total.